The van der Waals surface area contributed by atoms with Crippen molar-refractivity contribution in [3.05, 3.63) is 83.5 Å². The SMILES string of the molecule is O=C1O/C(=C\c2coc3ccccc23)C(O)=C(c2ccccc2)C1=O. The highest BCUT2D eigenvalue weighted by molar-refractivity contribution is 6.53. The summed E-state index contributed by atoms with van der Waals surface area (Å²) in [6.45, 7) is 0. The molecule has 1 aliphatic heterocycles. The summed E-state index contributed by atoms with van der Waals surface area (Å²) in [6, 6.07) is 15.8. The summed E-state index contributed by atoms with van der Waals surface area (Å²) in [6.07, 6.45) is 2.98. The Morgan fingerprint density at radius 2 is 1.64 bits per heavy atom. The molecule has 25 heavy (non-hydrogen) atoms. The van der Waals surface area contributed by atoms with Crippen LogP contribution in [0.1, 0.15) is 11.1 Å². The van der Waals surface area contributed by atoms with E-state index in [-0.39, 0.29) is 17.1 Å². The highest BCUT2D eigenvalue weighted by Crippen LogP contribution is 2.31. The lowest BCUT2D eigenvalue weighted by molar-refractivity contribution is -0.149. The van der Waals surface area contributed by atoms with Crippen molar-refractivity contribution in [3.63, 3.8) is 0 Å². The van der Waals surface area contributed by atoms with Crippen LogP contribution in [-0.4, -0.2) is 16.9 Å². The van der Waals surface area contributed by atoms with Gasteiger partial charge in [-0.3, -0.25) is 4.79 Å². The molecular formula is C20H12O5. The van der Waals surface area contributed by atoms with Crippen LogP contribution in [0.2, 0.25) is 0 Å². The van der Waals surface area contributed by atoms with Gasteiger partial charge in [0.2, 0.25) is 0 Å². The van der Waals surface area contributed by atoms with Crippen LogP contribution in [-0.2, 0) is 14.3 Å². The number of cyclic esters (lactones) is 1. The third kappa shape index (κ3) is 2.52. The number of aliphatic hydroxyl groups excluding tert-OH is 1. The molecule has 1 N–H and O–H groups in total. The molecule has 0 unspecified atom stereocenters. The van der Waals surface area contributed by atoms with Gasteiger partial charge in [-0.1, -0.05) is 48.5 Å². The number of fused-ring (bicyclic) bond motifs is 1. The number of para-hydroxylation sites is 1. The van der Waals surface area contributed by atoms with Gasteiger partial charge in [-0.2, -0.15) is 0 Å². The van der Waals surface area contributed by atoms with E-state index in [0.29, 0.717) is 16.7 Å². The molecule has 0 radical (unpaired) electrons. The monoisotopic (exact) mass is 332 g/mol. The fourth-order valence-electron chi connectivity index (χ4n) is 2.75. The minimum atomic E-state index is -1.03. The number of ether oxygens (including phenoxy) is 1. The molecule has 0 aliphatic carbocycles. The molecular weight excluding hydrogens is 320 g/mol. The van der Waals surface area contributed by atoms with Crippen molar-refractivity contribution in [1.29, 1.82) is 0 Å². The number of ketones is 1. The van der Waals surface area contributed by atoms with E-state index in [2.05, 4.69) is 0 Å². The normalized spacial score (nSPS) is 16.6. The topological polar surface area (TPSA) is 76.7 Å². The minimum absolute atomic E-state index is 0.0732. The maximum Gasteiger partial charge on any atom is 0.385 e. The number of carbonyl (C=O) groups excluding carboxylic acids is 2. The molecule has 0 atom stereocenters. The molecule has 4 rings (SSSR count). The van der Waals surface area contributed by atoms with Crippen LogP contribution in [0, 0.1) is 0 Å². The smallest absolute Gasteiger partial charge is 0.385 e. The predicted molar refractivity (Wildman–Crippen MR) is 91.3 cm³/mol. The van der Waals surface area contributed by atoms with Gasteiger partial charge in [0.1, 0.15) is 5.58 Å². The molecule has 2 heterocycles. The number of hydrogen-bond acceptors (Lipinski definition) is 5. The summed E-state index contributed by atoms with van der Waals surface area (Å²) < 4.78 is 10.4. The third-order valence-corrected chi connectivity index (χ3v) is 3.95. The minimum Gasteiger partial charge on any atom is -0.504 e. The third-order valence-electron chi connectivity index (χ3n) is 3.95. The molecule has 1 aliphatic rings. The Morgan fingerprint density at radius 3 is 2.44 bits per heavy atom. The van der Waals surface area contributed by atoms with Gasteiger partial charge in [0.05, 0.1) is 11.8 Å². The fraction of sp³-hybridized carbons (Fsp3) is 0. The van der Waals surface area contributed by atoms with Crippen molar-refractivity contribution >= 4 is 34.4 Å². The van der Waals surface area contributed by atoms with E-state index < -0.39 is 11.8 Å². The van der Waals surface area contributed by atoms with E-state index in [1.807, 2.05) is 18.2 Å². The van der Waals surface area contributed by atoms with Gasteiger partial charge in [-0.15, -0.1) is 0 Å². The van der Waals surface area contributed by atoms with Crippen LogP contribution in [0.3, 0.4) is 0 Å². The van der Waals surface area contributed by atoms with Gasteiger partial charge in [0.15, 0.2) is 11.5 Å². The van der Waals surface area contributed by atoms with Crippen molar-refractivity contribution in [2.75, 3.05) is 0 Å². The number of aliphatic hydroxyl groups is 1. The Hall–Kier alpha value is -3.60. The van der Waals surface area contributed by atoms with Gasteiger partial charge in [0.25, 0.3) is 5.78 Å². The fourth-order valence-corrected chi connectivity index (χ4v) is 2.75. The van der Waals surface area contributed by atoms with E-state index in [9.17, 15) is 14.7 Å². The molecule has 122 valence electrons. The van der Waals surface area contributed by atoms with Crippen molar-refractivity contribution in [1.82, 2.24) is 0 Å². The molecule has 0 fully saturated rings. The summed E-state index contributed by atoms with van der Waals surface area (Å²) in [7, 11) is 0. The molecule has 0 saturated heterocycles. The Kier molecular flexibility index (Phi) is 3.47. The highest BCUT2D eigenvalue weighted by atomic mass is 16.6. The van der Waals surface area contributed by atoms with Gasteiger partial charge in [0, 0.05) is 10.9 Å². The predicted octanol–water partition coefficient (Wildman–Crippen LogP) is 3.87. The zero-order valence-electron chi connectivity index (χ0n) is 12.9. The van der Waals surface area contributed by atoms with Crippen molar-refractivity contribution in [2.24, 2.45) is 0 Å². The second-order valence-corrected chi connectivity index (χ2v) is 5.50. The number of carbonyl (C=O) groups is 2. The van der Waals surface area contributed by atoms with Crippen molar-refractivity contribution in [2.45, 2.75) is 0 Å². The van der Waals surface area contributed by atoms with E-state index in [1.54, 1.807) is 36.4 Å². The first-order chi connectivity index (χ1) is 12.1. The Bertz CT molecular complexity index is 1050. The number of furan rings is 1. The molecule has 0 bridgehead atoms. The van der Waals surface area contributed by atoms with E-state index in [4.69, 9.17) is 9.15 Å². The lowest BCUT2D eigenvalue weighted by Gasteiger charge is -2.17. The number of esters is 1. The van der Waals surface area contributed by atoms with Crippen molar-refractivity contribution < 1.29 is 23.8 Å². The Labute approximate surface area is 142 Å². The lowest BCUT2D eigenvalue weighted by atomic mass is 9.97. The van der Waals surface area contributed by atoms with Crippen LogP contribution in [0.25, 0.3) is 22.6 Å². The molecule has 0 spiro atoms. The Morgan fingerprint density at radius 1 is 0.920 bits per heavy atom. The average molecular weight is 332 g/mol. The van der Waals surface area contributed by atoms with Crippen LogP contribution in [0.4, 0.5) is 0 Å². The average Bonchev–Trinajstić information content (AvgIpc) is 3.04. The zero-order chi connectivity index (χ0) is 17.4. The van der Waals surface area contributed by atoms with Gasteiger partial charge in [-0.25, -0.2) is 4.79 Å². The zero-order valence-corrected chi connectivity index (χ0v) is 12.9. The summed E-state index contributed by atoms with van der Waals surface area (Å²) in [5.41, 5.74) is 1.67. The molecule has 0 amide bonds. The standard InChI is InChI=1S/C20H12O5/c21-18-16(10-13-11-24-15-9-5-4-8-14(13)15)25-20(23)19(22)17(18)12-6-2-1-3-7-12/h1-11,21H/b16-10-. The van der Waals surface area contributed by atoms with Crippen LogP contribution in [0.15, 0.2) is 76.8 Å². The quantitative estimate of drug-likeness (QED) is 0.569. The van der Waals surface area contributed by atoms with Crippen LogP contribution in [0.5, 0.6) is 0 Å². The molecule has 1 aromatic heterocycles. The van der Waals surface area contributed by atoms with E-state index in [0.717, 1.165) is 5.39 Å². The first-order valence-electron chi connectivity index (χ1n) is 7.58. The number of rotatable bonds is 2. The Balaban J connectivity index is 1.88. The van der Waals surface area contributed by atoms with Crippen LogP contribution >= 0.6 is 0 Å². The van der Waals surface area contributed by atoms with Crippen LogP contribution < -0.4 is 0 Å². The van der Waals surface area contributed by atoms with Crippen molar-refractivity contribution in [3.8, 4) is 0 Å². The maximum atomic E-state index is 12.2. The molecule has 5 nitrogen and oxygen atoms in total. The largest absolute Gasteiger partial charge is 0.504 e. The summed E-state index contributed by atoms with van der Waals surface area (Å²) in [5.74, 6) is -2.37. The van der Waals surface area contributed by atoms with Gasteiger partial charge >= 0.3 is 5.97 Å². The maximum absolute atomic E-state index is 12.2. The number of hydrogen-bond donors (Lipinski definition) is 1. The molecule has 2 aromatic carbocycles. The second kappa shape index (κ2) is 5.79. The van der Waals surface area contributed by atoms with E-state index >= 15 is 0 Å². The number of benzene rings is 2. The molecule has 5 heteroatoms. The summed E-state index contributed by atoms with van der Waals surface area (Å²) in [4.78, 5) is 24.1. The highest BCUT2D eigenvalue weighted by Gasteiger charge is 2.34. The molecule has 3 aromatic rings. The summed E-state index contributed by atoms with van der Waals surface area (Å²) in [5, 5.41) is 11.3. The summed E-state index contributed by atoms with van der Waals surface area (Å²) >= 11 is 0. The second-order valence-electron chi connectivity index (χ2n) is 5.50. The number of Topliss-reactive ketones (excluding diaryl/α,β-unsaturated/α-hetero) is 1. The lowest BCUT2D eigenvalue weighted by Crippen LogP contribution is -2.25. The molecule has 0 saturated carbocycles. The van der Waals surface area contributed by atoms with Gasteiger partial charge in [-0.05, 0) is 17.7 Å². The van der Waals surface area contributed by atoms with E-state index in [1.165, 1.54) is 12.3 Å². The first kappa shape index (κ1) is 15.0. The first-order valence-corrected chi connectivity index (χ1v) is 7.58. The van der Waals surface area contributed by atoms with Gasteiger partial charge < -0.3 is 14.3 Å².